The molecule has 22 heavy (non-hydrogen) atoms. The summed E-state index contributed by atoms with van der Waals surface area (Å²) in [5.41, 5.74) is 1.45. The lowest BCUT2D eigenvalue weighted by Gasteiger charge is -2.42. The van der Waals surface area contributed by atoms with E-state index >= 15 is 0 Å². The standard InChI is InChI=1S/C16H27N3O3/c1-2-19(11-15(20)21)14-9-13(10-14)18-16(22)17-8-7-12-5-3-4-6-12/h5,13-14H,2-4,6-11H2,1H3,(H,20,21)(H2,17,18,22). The number of allylic oxidation sites excluding steroid dienone is 1. The second-order valence-corrected chi connectivity index (χ2v) is 6.18. The van der Waals surface area contributed by atoms with Crippen molar-refractivity contribution < 1.29 is 14.7 Å². The number of likely N-dealkylation sites (N-methyl/N-ethyl adjacent to an activating group) is 1. The summed E-state index contributed by atoms with van der Waals surface area (Å²) >= 11 is 0. The van der Waals surface area contributed by atoms with Gasteiger partial charge >= 0.3 is 12.0 Å². The summed E-state index contributed by atoms with van der Waals surface area (Å²) in [7, 11) is 0. The second-order valence-electron chi connectivity index (χ2n) is 6.18. The molecule has 0 unspecified atom stereocenters. The molecule has 2 rings (SSSR count). The highest BCUT2D eigenvalue weighted by Crippen LogP contribution is 2.25. The maximum Gasteiger partial charge on any atom is 0.317 e. The summed E-state index contributed by atoms with van der Waals surface area (Å²) in [4.78, 5) is 24.5. The molecule has 0 aromatic rings. The number of hydrogen-bond donors (Lipinski definition) is 3. The summed E-state index contributed by atoms with van der Waals surface area (Å²) < 4.78 is 0. The van der Waals surface area contributed by atoms with E-state index in [2.05, 4.69) is 16.7 Å². The lowest BCUT2D eigenvalue weighted by Crippen LogP contribution is -2.56. The zero-order valence-corrected chi connectivity index (χ0v) is 13.3. The third kappa shape index (κ3) is 5.02. The van der Waals surface area contributed by atoms with Crippen molar-refractivity contribution in [3.05, 3.63) is 11.6 Å². The summed E-state index contributed by atoms with van der Waals surface area (Å²) in [6.45, 7) is 3.46. The van der Waals surface area contributed by atoms with Crippen molar-refractivity contribution in [3.63, 3.8) is 0 Å². The summed E-state index contributed by atoms with van der Waals surface area (Å²) in [5, 5.41) is 14.7. The van der Waals surface area contributed by atoms with Crippen LogP contribution in [0.4, 0.5) is 4.79 Å². The van der Waals surface area contributed by atoms with Crippen molar-refractivity contribution in [2.75, 3.05) is 19.6 Å². The maximum atomic E-state index is 11.8. The van der Waals surface area contributed by atoms with Crippen molar-refractivity contribution >= 4 is 12.0 Å². The Morgan fingerprint density at radius 3 is 2.77 bits per heavy atom. The van der Waals surface area contributed by atoms with E-state index in [1.54, 1.807) is 0 Å². The second kappa shape index (κ2) is 8.17. The fourth-order valence-electron chi connectivity index (χ4n) is 3.21. The molecule has 6 heteroatoms. The van der Waals surface area contributed by atoms with E-state index in [1.165, 1.54) is 24.8 Å². The Kier molecular flexibility index (Phi) is 6.24. The molecule has 0 aliphatic heterocycles. The quantitative estimate of drug-likeness (QED) is 0.596. The molecule has 0 spiro atoms. The lowest BCUT2D eigenvalue weighted by atomic mass is 9.85. The van der Waals surface area contributed by atoms with Crippen LogP contribution in [0.25, 0.3) is 0 Å². The molecule has 1 saturated carbocycles. The van der Waals surface area contributed by atoms with Gasteiger partial charge in [-0.1, -0.05) is 18.6 Å². The highest BCUT2D eigenvalue weighted by atomic mass is 16.4. The molecular formula is C16H27N3O3. The molecule has 1 fully saturated rings. The van der Waals surface area contributed by atoms with Crippen LogP contribution in [0, 0.1) is 0 Å². The first kappa shape index (κ1) is 16.8. The van der Waals surface area contributed by atoms with Gasteiger partial charge in [0.25, 0.3) is 0 Å². The summed E-state index contributed by atoms with van der Waals surface area (Å²) in [6, 6.07) is 0.330. The SMILES string of the molecule is CCN(CC(=O)O)C1CC(NC(=O)NCCC2=CCCC2)C1. The molecule has 6 nitrogen and oxygen atoms in total. The number of amides is 2. The molecule has 0 atom stereocenters. The van der Waals surface area contributed by atoms with Gasteiger partial charge in [0.05, 0.1) is 6.54 Å². The minimum Gasteiger partial charge on any atom is -0.480 e. The normalized spacial score (nSPS) is 23.8. The first-order chi connectivity index (χ1) is 10.6. The Bertz CT molecular complexity index is 430. The third-order valence-corrected chi connectivity index (χ3v) is 4.58. The van der Waals surface area contributed by atoms with Gasteiger partial charge in [-0.3, -0.25) is 9.69 Å². The van der Waals surface area contributed by atoms with Crippen LogP contribution in [0.3, 0.4) is 0 Å². The van der Waals surface area contributed by atoms with E-state index in [4.69, 9.17) is 5.11 Å². The van der Waals surface area contributed by atoms with E-state index in [0.717, 1.165) is 25.8 Å². The van der Waals surface area contributed by atoms with Gasteiger partial charge in [0.15, 0.2) is 0 Å². The van der Waals surface area contributed by atoms with E-state index in [0.29, 0.717) is 6.54 Å². The molecule has 3 N–H and O–H groups in total. The first-order valence-corrected chi connectivity index (χ1v) is 8.26. The van der Waals surface area contributed by atoms with Crippen LogP contribution in [0.15, 0.2) is 11.6 Å². The zero-order chi connectivity index (χ0) is 15.9. The number of hydrogen-bond acceptors (Lipinski definition) is 3. The number of nitrogens with one attached hydrogen (secondary N) is 2. The topological polar surface area (TPSA) is 81.7 Å². The monoisotopic (exact) mass is 309 g/mol. The Hall–Kier alpha value is -1.56. The summed E-state index contributed by atoms with van der Waals surface area (Å²) in [5.74, 6) is -0.794. The van der Waals surface area contributed by atoms with Gasteiger partial charge in [0, 0.05) is 18.6 Å². The van der Waals surface area contributed by atoms with E-state index in [1.807, 2.05) is 11.8 Å². The van der Waals surface area contributed by atoms with Gasteiger partial charge in [-0.2, -0.15) is 0 Å². The van der Waals surface area contributed by atoms with E-state index < -0.39 is 5.97 Å². The molecule has 0 aromatic carbocycles. The average molecular weight is 309 g/mol. The number of carboxylic acids is 1. The fraction of sp³-hybridized carbons (Fsp3) is 0.750. The van der Waals surface area contributed by atoms with Crippen LogP contribution in [-0.4, -0.2) is 53.7 Å². The number of urea groups is 1. The number of aliphatic carboxylic acids is 1. The third-order valence-electron chi connectivity index (χ3n) is 4.58. The molecular weight excluding hydrogens is 282 g/mol. The smallest absolute Gasteiger partial charge is 0.317 e. The van der Waals surface area contributed by atoms with Crippen LogP contribution in [0.1, 0.15) is 45.4 Å². The van der Waals surface area contributed by atoms with Gasteiger partial charge in [0.1, 0.15) is 0 Å². The molecule has 2 aliphatic carbocycles. The Labute approximate surface area is 131 Å². The fourth-order valence-corrected chi connectivity index (χ4v) is 3.21. The Morgan fingerprint density at radius 2 is 2.18 bits per heavy atom. The Balaban J connectivity index is 1.58. The molecule has 124 valence electrons. The lowest BCUT2D eigenvalue weighted by molar-refractivity contribution is -0.139. The van der Waals surface area contributed by atoms with Gasteiger partial charge in [-0.05, 0) is 45.1 Å². The van der Waals surface area contributed by atoms with Gasteiger partial charge in [-0.25, -0.2) is 4.79 Å². The summed E-state index contributed by atoms with van der Waals surface area (Å²) in [6.07, 6.45) is 8.48. The molecule has 0 bridgehead atoms. The largest absolute Gasteiger partial charge is 0.480 e. The maximum absolute atomic E-state index is 11.8. The highest BCUT2D eigenvalue weighted by molar-refractivity contribution is 5.74. The predicted molar refractivity (Wildman–Crippen MR) is 84.8 cm³/mol. The van der Waals surface area contributed by atoms with Crippen molar-refractivity contribution in [2.24, 2.45) is 0 Å². The molecule has 2 aliphatic rings. The highest BCUT2D eigenvalue weighted by Gasteiger charge is 2.34. The van der Waals surface area contributed by atoms with Crippen LogP contribution in [-0.2, 0) is 4.79 Å². The minimum atomic E-state index is -0.794. The molecule has 0 heterocycles. The van der Waals surface area contributed by atoms with E-state index in [-0.39, 0.29) is 24.7 Å². The van der Waals surface area contributed by atoms with Gasteiger partial charge in [-0.15, -0.1) is 0 Å². The van der Waals surface area contributed by atoms with Crippen LogP contribution < -0.4 is 10.6 Å². The Morgan fingerprint density at radius 1 is 1.41 bits per heavy atom. The van der Waals surface area contributed by atoms with Crippen molar-refractivity contribution in [2.45, 2.75) is 57.5 Å². The van der Waals surface area contributed by atoms with Gasteiger partial charge < -0.3 is 15.7 Å². The van der Waals surface area contributed by atoms with Gasteiger partial charge in [0.2, 0.25) is 0 Å². The van der Waals surface area contributed by atoms with Crippen LogP contribution in [0.2, 0.25) is 0 Å². The number of rotatable bonds is 8. The number of carbonyl (C=O) groups excluding carboxylic acids is 1. The zero-order valence-electron chi connectivity index (χ0n) is 13.3. The predicted octanol–water partition coefficient (Wildman–Crippen LogP) is 1.72. The van der Waals surface area contributed by atoms with Crippen LogP contribution >= 0.6 is 0 Å². The van der Waals surface area contributed by atoms with Crippen molar-refractivity contribution in [1.82, 2.24) is 15.5 Å². The minimum absolute atomic E-state index is 0.0786. The number of nitrogens with zero attached hydrogens (tertiary/aromatic N) is 1. The molecule has 0 aromatic heterocycles. The van der Waals surface area contributed by atoms with Crippen molar-refractivity contribution in [1.29, 1.82) is 0 Å². The first-order valence-electron chi connectivity index (χ1n) is 8.26. The number of carbonyl (C=O) groups is 2. The number of carboxylic acid groups (broad SMARTS) is 1. The van der Waals surface area contributed by atoms with Crippen LogP contribution in [0.5, 0.6) is 0 Å². The molecule has 2 amide bonds. The average Bonchev–Trinajstić information content (AvgIpc) is 2.93. The molecule has 0 radical (unpaired) electrons. The van der Waals surface area contributed by atoms with E-state index in [9.17, 15) is 9.59 Å². The van der Waals surface area contributed by atoms with Crippen molar-refractivity contribution in [3.8, 4) is 0 Å². The molecule has 0 saturated heterocycles.